The van der Waals surface area contributed by atoms with Crippen molar-refractivity contribution >= 4 is 5.91 Å². The SMILES string of the molecule is O=C(NC1C[C@H]2COC[C@@H](C1)N2Cc1ccc(F)cc1)c1coc(-c2ccccc2)n1. The second-order valence-corrected chi connectivity index (χ2v) is 8.19. The van der Waals surface area contributed by atoms with Gasteiger partial charge in [0.05, 0.1) is 13.2 Å². The summed E-state index contributed by atoms with van der Waals surface area (Å²) in [5.74, 6) is -0.0102. The van der Waals surface area contributed by atoms with Crippen LogP contribution >= 0.6 is 0 Å². The molecule has 3 atom stereocenters. The maximum absolute atomic E-state index is 13.2. The van der Waals surface area contributed by atoms with Crippen LogP contribution in [0.25, 0.3) is 11.5 Å². The number of carbonyl (C=O) groups is 1. The molecule has 6 nitrogen and oxygen atoms in total. The van der Waals surface area contributed by atoms with Gasteiger partial charge in [-0.25, -0.2) is 9.37 Å². The molecule has 2 bridgehead atoms. The van der Waals surface area contributed by atoms with E-state index in [1.807, 2.05) is 42.5 Å². The molecule has 3 aromatic rings. The molecule has 2 fully saturated rings. The van der Waals surface area contributed by atoms with E-state index in [9.17, 15) is 9.18 Å². The third-order valence-corrected chi connectivity index (χ3v) is 6.04. The van der Waals surface area contributed by atoms with Gasteiger partial charge in [0, 0.05) is 30.2 Å². The van der Waals surface area contributed by atoms with E-state index in [-0.39, 0.29) is 35.5 Å². The highest BCUT2D eigenvalue weighted by Gasteiger charge is 2.39. The summed E-state index contributed by atoms with van der Waals surface area (Å²) in [5, 5.41) is 3.13. The Bertz CT molecular complexity index is 1020. The molecule has 0 radical (unpaired) electrons. The van der Waals surface area contributed by atoms with Crippen molar-refractivity contribution in [2.24, 2.45) is 0 Å². The Morgan fingerprint density at radius 3 is 2.48 bits per heavy atom. The number of nitrogens with one attached hydrogen (secondary N) is 1. The van der Waals surface area contributed by atoms with E-state index in [4.69, 9.17) is 9.15 Å². The number of morpholine rings is 1. The van der Waals surface area contributed by atoms with Gasteiger partial charge < -0.3 is 14.5 Å². The summed E-state index contributed by atoms with van der Waals surface area (Å²) in [6, 6.07) is 16.6. The lowest BCUT2D eigenvalue weighted by atomic mass is 9.89. The van der Waals surface area contributed by atoms with Crippen LogP contribution < -0.4 is 5.32 Å². The van der Waals surface area contributed by atoms with Crippen LogP contribution in [0.2, 0.25) is 0 Å². The molecule has 7 heteroatoms. The zero-order valence-electron chi connectivity index (χ0n) is 17.0. The Kier molecular flexibility index (Phi) is 5.53. The van der Waals surface area contributed by atoms with Crippen molar-refractivity contribution in [3.05, 3.63) is 77.9 Å². The van der Waals surface area contributed by atoms with Gasteiger partial charge >= 0.3 is 0 Å². The van der Waals surface area contributed by atoms with E-state index in [0.29, 0.717) is 19.1 Å². The van der Waals surface area contributed by atoms with Crippen LogP contribution in [-0.2, 0) is 11.3 Å². The third kappa shape index (κ3) is 4.38. The fraction of sp³-hybridized carbons (Fsp3) is 0.333. The number of nitrogens with zero attached hydrogens (tertiary/aromatic N) is 2. The third-order valence-electron chi connectivity index (χ3n) is 6.04. The minimum absolute atomic E-state index is 0.0488. The lowest BCUT2D eigenvalue weighted by molar-refractivity contribution is -0.0843. The van der Waals surface area contributed by atoms with Crippen LogP contribution in [0.1, 0.15) is 28.9 Å². The number of fused-ring (bicyclic) bond motifs is 2. The Balaban J connectivity index is 1.23. The predicted molar refractivity (Wildman–Crippen MR) is 113 cm³/mol. The van der Waals surface area contributed by atoms with Gasteiger partial charge in [-0.3, -0.25) is 9.69 Å². The minimum atomic E-state index is -0.225. The maximum Gasteiger partial charge on any atom is 0.273 e. The molecule has 0 saturated carbocycles. The molecule has 2 aliphatic rings. The average molecular weight is 421 g/mol. The molecule has 2 saturated heterocycles. The van der Waals surface area contributed by atoms with Crippen molar-refractivity contribution in [2.45, 2.75) is 37.5 Å². The smallest absolute Gasteiger partial charge is 0.273 e. The summed E-state index contributed by atoms with van der Waals surface area (Å²) >= 11 is 0. The minimum Gasteiger partial charge on any atom is -0.444 e. The fourth-order valence-corrected chi connectivity index (χ4v) is 4.52. The number of piperidine rings is 1. The Labute approximate surface area is 180 Å². The number of halogens is 1. The number of amides is 1. The lowest BCUT2D eigenvalue weighted by Crippen LogP contribution is -2.60. The lowest BCUT2D eigenvalue weighted by Gasteiger charge is -2.48. The molecule has 2 aromatic carbocycles. The van der Waals surface area contributed by atoms with Crippen LogP contribution in [0.5, 0.6) is 0 Å². The summed E-state index contributed by atoms with van der Waals surface area (Å²) < 4.78 is 24.5. The number of hydrogen-bond donors (Lipinski definition) is 1. The molecule has 1 aromatic heterocycles. The fourth-order valence-electron chi connectivity index (χ4n) is 4.52. The maximum atomic E-state index is 13.2. The second-order valence-electron chi connectivity index (χ2n) is 8.19. The average Bonchev–Trinajstić information content (AvgIpc) is 3.27. The molecule has 160 valence electrons. The van der Waals surface area contributed by atoms with Crippen molar-refractivity contribution in [3.63, 3.8) is 0 Å². The molecule has 1 N–H and O–H groups in total. The molecule has 1 unspecified atom stereocenters. The number of aromatic nitrogens is 1. The Morgan fingerprint density at radius 1 is 1.06 bits per heavy atom. The number of hydrogen-bond acceptors (Lipinski definition) is 5. The zero-order chi connectivity index (χ0) is 21.2. The van der Waals surface area contributed by atoms with Gasteiger partial charge in [-0.1, -0.05) is 30.3 Å². The topological polar surface area (TPSA) is 67.6 Å². The standard InChI is InChI=1S/C24H24FN3O3/c25-18-8-6-16(7-9-18)12-28-20-10-19(11-21(28)14-30-13-20)26-23(29)22-15-31-24(27-22)17-4-2-1-3-5-17/h1-9,15,19-21H,10-14H2,(H,26,29)/t19?,20-,21+. The van der Waals surface area contributed by atoms with Crippen LogP contribution in [0.3, 0.4) is 0 Å². The van der Waals surface area contributed by atoms with Crippen molar-refractivity contribution in [2.75, 3.05) is 13.2 Å². The van der Waals surface area contributed by atoms with Crippen LogP contribution in [0.15, 0.2) is 65.3 Å². The summed E-state index contributed by atoms with van der Waals surface area (Å²) in [5.41, 5.74) is 2.20. The van der Waals surface area contributed by atoms with E-state index in [1.54, 1.807) is 0 Å². The summed E-state index contributed by atoms with van der Waals surface area (Å²) in [6.45, 7) is 2.02. The summed E-state index contributed by atoms with van der Waals surface area (Å²) in [6.07, 6.45) is 3.00. The van der Waals surface area contributed by atoms with Gasteiger partial charge in [0.15, 0.2) is 5.69 Å². The molecular weight excluding hydrogens is 397 g/mol. The molecular formula is C24H24FN3O3. The van der Waals surface area contributed by atoms with Gasteiger partial charge in [0.1, 0.15) is 12.1 Å². The largest absolute Gasteiger partial charge is 0.444 e. The second kappa shape index (κ2) is 8.61. The molecule has 5 rings (SSSR count). The molecule has 2 aliphatic heterocycles. The highest BCUT2D eigenvalue weighted by atomic mass is 19.1. The first kappa shape index (κ1) is 19.9. The van der Waals surface area contributed by atoms with E-state index in [2.05, 4.69) is 15.2 Å². The van der Waals surface area contributed by atoms with E-state index >= 15 is 0 Å². The van der Waals surface area contributed by atoms with Crippen molar-refractivity contribution in [1.82, 2.24) is 15.2 Å². The molecule has 1 amide bonds. The number of rotatable bonds is 5. The first-order chi connectivity index (χ1) is 15.2. The van der Waals surface area contributed by atoms with Gasteiger partial charge in [-0.2, -0.15) is 0 Å². The number of carbonyl (C=O) groups excluding carboxylic acids is 1. The first-order valence-electron chi connectivity index (χ1n) is 10.6. The summed E-state index contributed by atoms with van der Waals surface area (Å²) in [4.78, 5) is 19.5. The predicted octanol–water partition coefficient (Wildman–Crippen LogP) is 3.64. The van der Waals surface area contributed by atoms with Crippen LogP contribution in [-0.4, -0.2) is 47.1 Å². The van der Waals surface area contributed by atoms with Gasteiger partial charge in [0.25, 0.3) is 5.91 Å². The molecule has 0 aliphatic carbocycles. The Morgan fingerprint density at radius 2 is 1.77 bits per heavy atom. The zero-order valence-corrected chi connectivity index (χ0v) is 17.0. The Hall–Kier alpha value is -3.03. The monoisotopic (exact) mass is 421 g/mol. The van der Waals surface area contributed by atoms with E-state index in [1.165, 1.54) is 18.4 Å². The molecule has 0 spiro atoms. The normalized spacial score (nSPS) is 23.5. The van der Waals surface area contributed by atoms with Crippen molar-refractivity contribution in [1.29, 1.82) is 0 Å². The van der Waals surface area contributed by atoms with E-state index in [0.717, 1.165) is 30.5 Å². The number of ether oxygens (including phenoxy) is 1. The molecule has 31 heavy (non-hydrogen) atoms. The van der Waals surface area contributed by atoms with Gasteiger partial charge in [-0.15, -0.1) is 0 Å². The highest BCUT2D eigenvalue weighted by molar-refractivity contribution is 5.92. The van der Waals surface area contributed by atoms with Gasteiger partial charge in [0.2, 0.25) is 5.89 Å². The quantitative estimate of drug-likeness (QED) is 0.681. The van der Waals surface area contributed by atoms with Gasteiger partial charge in [-0.05, 0) is 42.7 Å². The first-order valence-corrected chi connectivity index (χ1v) is 10.6. The van der Waals surface area contributed by atoms with Crippen molar-refractivity contribution < 1.29 is 18.3 Å². The molecule has 3 heterocycles. The highest BCUT2D eigenvalue weighted by Crippen LogP contribution is 2.30. The van der Waals surface area contributed by atoms with Crippen LogP contribution in [0.4, 0.5) is 4.39 Å². The number of benzene rings is 2. The summed E-state index contributed by atoms with van der Waals surface area (Å²) in [7, 11) is 0. The number of oxazole rings is 1. The van der Waals surface area contributed by atoms with Crippen molar-refractivity contribution in [3.8, 4) is 11.5 Å². The van der Waals surface area contributed by atoms with Crippen LogP contribution in [0, 0.1) is 5.82 Å². The van der Waals surface area contributed by atoms with E-state index < -0.39 is 0 Å².